The number of carbonyl (C=O) groups excluding carboxylic acids is 2. The SMILES string of the molecule is CCc1ncc(C(=O)Cc2ccccc2C(=NOC)C(=O)OC)nc1C(F)(F)F. The molecule has 0 saturated heterocycles. The van der Waals surface area contributed by atoms with E-state index < -0.39 is 29.3 Å². The number of Topliss-reactive ketones (excluding diaryl/α,β-unsaturated/α-hetero) is 1. The molecule has 0 spiro atoms. The quantitative estimate of drug-likeness (QED) is 0.302. The fourth-order valence-corrected chi connectivity index (χ4v) is 2.59. The molecule has 1 aromatic carbocycles. The normalized spacial score (nSPS) is 11.9. The average molecular weight is 409 g/mol. The number of esters is 1. The van der Waals surface area contributed by atoms with Crippen molar-refractivity contribution in [1.82, 2.24) is 9.97 Å². The molecule has 0 fully saturated rings. The molecule has 0 aliphatic rings. The third kappa shape index (κ3) is 5.15. The summed E-state index contributed by atoms with van der Waals surface area (Å²) in [6.07, 6.45) is -4.01. The Kier molecular flexibility index (Phi) is 7.03. The number of hydrogen-bond donors (Lipinski definition) is 0. The van der Waals surface area contributed by atoms with Crippen molar-refractivity contribution < 1.29 is 32.3 Å². The van der Waals surface area contributed by atoms with Crippen LogP contribution in [0.3, 0.4) is 0 Å². The topological polar surface area (TPSA) is 90.7 Å². The van der Waals surface area contributed by atoms with Gasteiger partial charge in [-0.3, -0.25) is 9.78 Å². The van der Waals surface area contributed by atoms with E-state index in [4.69, 9.17) is 0 Å². The number of carbonyl (C=O) groups is 2. The number of rotatable bonds is 7. The molecule has 0 N–H and O–H groups in total. The zero-order valence-corrected chi connectivity index (χ0v) is 15.9. The lowest BCUT2D eigenvalue weighted by molar-refractivity contribution is -0.142. The maximum Gasteiger partial charge on any atom is 0.435 e. The van der Waals surface area contributed by atoms with Crippen LogP contribution in [0.2, 0.25) is 0 Å². The summed E-state index contributed by atoms with van der Waals surface area (Å²) < 4.78 is 44.2. The largest absolute Gasteiger partial charge is 0.464 e. The van der Waals surface area contributed by atoms with Crippen LogP contribution in [0.5, 0.6) is 0 Å². The highest BCUT2D eigenvalue weighted by Gasteiger charge is 2.36. The van der Waals surface area contributed by atoms with Gasteiger partial charge in [0.25, 0.3) is 0 Å². The van der Waals surface area contributed by atoms with E-state index in [-0.39, 0.29) is 29.8 Å². The number of oxime groups is 1. The molecule has 29 heavy (non-hydrogen) atoms. The van der Waals surface area contributed by atoms with E-state index in [1.807, 2.05) is 0 Å². The van der Waals surface area contributed by atoms with Crippen molar-refractivity contribution >= 4 is 17.5 Å². The molecule has 0 atom stereocenters. The predicted molar refractivity (Wildman–Crippen MR) is 96.5 cm³/mol. The minimum atomic E-state index is -4.73. The molecular formula is C19H18F3N3O4. The van der Waals surface area contributed by atoms with Gasteiger partial charge in [-0.05, 0) is 12.0 Å². The first-order valence-electron chi connectivity index (χ1n) is 8.46. The zero-order chi connectivity index (χ0) is 21.6. The number of ketones is 1. The van der Waals surface area contributed by atoms with Gasteiger partial charge in [0.15, 0.2) is 17.2 Å². The summed E-state index contributed by atoms with van der Waals surface area (Å²) in [4.78, 5) is 36.5. The van der Waals surface area contributed by atoms with Crippen molar-refractivity contribution in [2.24, 2.45) is 5.16 Å². The summed E-state index contributed by atoms with van der Waals surface area (Å²) in [6, 6.07) is 6.28. The molecule has 0 amide bonds. The number of ether oxygens (including phenoxy) is 1. The molecule has 1 heterocycles. The van der Waals surface area contributed by atoms with Gasteiger partial charge in [0.2, 0.25) is 0 Å². The smallest absolute Gasteiger partial charge is 0.435 e. The van der Waals surface area contributed by atoms with E-state index in [9.17, 15) is 22.8 Å². The van der Waals surface area contributed by atoms with E-state index in [2.05, 4.69) is 24.7 Å². The van der Waals surface area contributed by atoms with Crippen LogP contribution in [0.1, 0.15) is 39.9 Å². The van der Waals surface area contributed by atoms with Crippen molar-refractivity contribution in [3.8, 4) is 0 Å². The van der Waals surface area contributed by atoms with Gasteiger partial charge in [0.05, 0.1) is 19.0 Å². The van der Waals surface area contributed by atoms with Crippen LogP contribution in [-0.4, -0.2) is 41.7 Å². The predicted octanol–water partition coefficient (Wildman–Crippen LogP) is 3.01. The Hall–Kier alpha value is -3.30. The molecule has 0 unspecified atom stereocenters. The zero-order valence-electron chi connectivity index (χ0n) is 15.9. The van der Waals surface area contributed by atoms with Crippen molar-refractivity contribution in [2.45, 2.75) is 25.9 Å². The van der Waals surface area contributed by atoms with Crippen LogP contribution in [0.15, 0.2) is 35.6 Å². The monoisotopic (exact) mass is 409 g/mol. The molecule has 2 rings (SSSR count). The molecule has 0 bridgehead atoms. The molecular weight excluding hydrogens is 391 g/mol. The van der Waals surface area contributed by atoms with Gasteiger partial charge in [-0.1, -0.05) is 36.3 Å². The molecule has 0 aliphatic heterocycles. The summed E-state index contributed by atoms with van der Waals surface area (Å²) in [6.45, 7) is 1.51. The number of halogens is 3. The van der Waals surface area contributed by atoms with Gasteiger partial charge < -0.3 is 9.57 Å². The van der Waals surface area contributed by atoms with E-state index >= 15 is 0 Å². The van der Waals surface area contributed by atoms with Crippen LogP contribution in [0.4, 0.5) is 13.2 Å². The van der Waals surface area contributed by atoms with Crippen LogP contribution in [0.25, 0.3) is 0 Å². The average Bonchev–Trinajstić information content (AvgIpc) is 2.70. The number of nitrogens with zero attached hydrogens (tertiary/aromatic N) is 3. The van der Waals surface area contributed by atoms with Crippen LogP contribution >= 0.6 is 0 Å². The van der Waals surface area contributed by atoms with Crippen molar-refractivity contribution in [1.29, 1.82) is 0 Å². The summed E-state index contributed by atoms with van der Waals surface area (Å²) in [5.74, 6) is -1.49. The maximum absolute atomic E-state index is 13.2. The number of aryl methyl sites for hydroxylation is 1. The Morgan fingerprint density at radius 2 is 1.86 bits per heavy atom. The highest BCUT2D eigenvalue weighted by molar-refractivity contribution is 6.43. The molecule has 0 radical (unpaired) electrons. The number of hydrogen-bond acceptors (Lipinski definition) is 7. The molecule has 154 valence electrons. The Bertz CT molecular complexity index is 943. The Morgan fingerprint density at radius 3 is 2.45 bits per heavy atom. The second-order valence-corrected chi connectivity index (χ2v) is 5.77. The second-order valence-electron chi connectivity index (χ2n) is 5.77. The van der Waals surface area contributed by atoms with Gasteiger partial charge in [-0.25, -0.2) is 9.78 Å². The summed E-state index contributed by atoms with van der Waals surface area (Å²) >= 11 is 0. The van der Waals surface area contributed by atoms with Gasteiger partial charge in [-0.2, -0.15) is 13.2 Å². The van der Waals surface area contributed by atoms with Crippen molar-refractivity contribution in [3.63, 3.8) is 0 Å². The Labute approximate surface area is 164 Å². The van der Waals surface area contributed by atoms with Crippen LogP contribution < -0.4 is 0 Å². The first kappa shape index (κ1) is 22.0. The van der Waals surface area contributed by atoms with E-state index in [0.29, 0.717) is 5.56 Å². The van der Waals surface area contributed by atoms with Crippen molar-refractivity contribution in [2.75, 3.05) is 14.2 Å². The number of aromatic nitrogens is 2. The van der Waals surface area contributed by atoms with Crippen LogP contribution in [0, 0.1) is 0 Å². The van der Waals surface area contributed by atoms with Gasteiger partial charge in [0, 0.05) is 12.0 Å². The first-order valence-corrected chi connectivity index (χ1v) is 8.46. The van der Waals surface area contributed by atoms with Gasteiger partial charge in [0.1, 0.15) is 12.8 Å². The molecule has 0 aliphatic carbocycles. The number of benzene rings is 1. The van der Waals surface area contributed by atoms with E-state index in [1.165, 1.54) is 20.1 Å². The highest BCUT2D eigenvalue weighted by atomic mass is 19.4. The standard InChI is InChI=1S/C19H18F3N3O4/c1-4-13-17(19(20,21)22)24-14(10-23-13)15(26)9-11-7-5-6-8-12(11)16(25-29-3)18(27)28-2/h5-8,10H,4,9H2,1-3H3. The lowest BCUT2D eigenvalue weighted by Crippen LogP contribution is -2.21. The Morgan fingerprint density at radius 1 is 1.17 bits per heavy atom. The number of alkyl halides is 3. The lowest BCUT2D eigenvalue weighted by atomic mass is 9.97. The third-order valence-corrected chi connectivity index (χ3v) is 3.92. The van der Waals surface area contributed by atoms with E-state index in [1.54, 1.807) is 18.2 Å². The summed E-state index contributed by atoms with van der Waals surface area (Å²) in [5, 5.41) is 3.63. The van der Waals surface area contributed by atoms with Gasteiger partial charge >= 0.3 is 12.1 Å². The third-order valence-electron chi connectivity index (χ3n) is 3.92. The Balaban J connectivity index is 2.42. The summed E-state index contributed by atoms with van der Waals surface area (Å²) in [7, 11) is 2.39. The second kappa shape index (κ2) is 9.26. The molecule has 1 aromatic heterocycles. The minimum Gasteiger partial charge on any atom is -0.464 e. The van der Waals surface area contributed by atoms with Crippen molar-refractivity contribution in [3.05, 3.63) is 58.7 Å². The number of methoxy groups -OCH3 is 1. The maximum atomic E-state index is 13.2. The lowest BCUT2D eigenvalue weighted by Gasteiger charge is -2.12. The van der Waals surface area contributed by atoms with Gasteiger partial charge in [-0.15, -0.1) is 0 Å². The highest BCUT2D eigenvalue weighted by Crippen LogP contribution is 2.30. The fourth-order valence-electron chi connectivity index (χ4n) is 2.59. The molecule has 2 aromatic rings. The molecule has 7 nitrogen and oxygen atoms in total. The molecule has 0 saturated carbocycles. The first-order chi connectivity index (χ1) is 13.7. The fraction of sp³-hybridized carbons (Fsp3) is 0.316. The molecule has 10 heteroatoms. The van der Waals surface area contributed by atoms with E-state index in [0.717, 1.165) is 13.3 Å². The summed E-state index contributed by atoms with van der Waals surface area (Å²) in [5.41, 5.74) is -1.43. The minimum absolute atomic E-state index is 0.0229. The van der Waals surface area contributed by atoms with Crippen LogP contribution in [-0.2, 0) is 33.4 Å².